The highest BCUT2D eigenvalue weighted by atomic mass is 19.3. The van der Waals surface area contributed by atoms with Gasteiger partial charge in [-0.15, -0.1) is 0 Å². The van der Waals surface area contributed by atoms with Crippen molar-refractivity contribution in [2.24, 2.45) is 0 Å². The number of amides is 2. The molecule has 1 heterocycles. The second-order valence-corrected chi connectivity index (χ2v) is 4.90. The lowest BCUT2D eigenvalue weighted by Crippen LogP contribution is -2.54. The van der Waals surface area contributed by atoms with Crippen molar-refractivity contribution in [3.63, 3.8) is 0 Å². The lowest BCUT2D eigenvalue weighted by molar-refractivity contribution is -0.123. The van der Waals surface area contributed by atoms with Crippen molar-refractivity contribution in [3.8, 4) is 0 Å². The van der Waals surface area contributed by atoms with E-state index in [1.165, 1.54) is 26.0 Å². The summed E-state index contributed by atoms with van der Waals surface area (Å²) >= 11 is 0. The van der Waals surface area contributed by atoms with Gasteiger partial charge in [0.25, 0.3) is 18.2 Å². The van der Waals surface area contributed by atoms with Crippen molar-refractivity contribution in [1.82, 2.24) is 5.32 Å². The van der Waals surface area contributed by atoms with Crippen LogP contribution < -0.4 is 10.2 Å². The van der Waals surface area contributed by atoms with E-state index in [0.29, 0.717) is 0 Å². The quantitative estimate of drug-likeness (QED) is 0.889. The number of para-hydroxylation sites is 1. The first-order valence-electron chi connectivity index (χ1n) is 5.84. The van der Waals surface area contributed by atoms with E-state index in [4.69, 9.17) is 0 Å². The van der Waals surface area contributed by atoms with Crippen molar-refractivity contribution >= 4 is 17.5 Å². The van der Waals surface area contributed by atoms with Gasteiger partial charge in [-0.2, -0.15) is 0 Å². The Morgan fingerprint density at radius 3 is 2.53 bits per heavy atom. The van der Waals surface area contributed by atoms with E-state index < -0.39 is 30.3 Å². The normalized spacial score (nSPS) is 18.1. The van der Waals surface area contributed by atoms with Crippen LogP contribution in [0.5, 0.6) is 0 Å². The van der Waals surface area contributed by atoms with Gasteiger partial charge in [0.2, 0.25) is 0 Å². The molecule has 1 aromatic rings. The Labute approximate surface area is 109 Å². The fourth-order valence-corrected chi connectivity index (χ4v) is 2.07. The predicted molar refractivity (Wildman–Crippen MR) is 66.3 cm³/mol. The summed E-state index contributed by atoms with van der Waals surface area (Å²) in [5, 5.41) is 2.55. The molecule has 2 amide bonds. The molecule has 1 aromatic carbocycles. The van der Waals surface area contributed by atoms with E-state index in [9.17, 15) is 18.4 Å². The number of carbonyl (C=O) groups excluding carboxylic acids is 2. The number of hydrogen-bond donors (Lipinski definition) is 1. The zero-order valence-electron chi connectivity index (χ0n) is 10.6. The third-order valence-electron chi connectivity index (χ3n) is 2.97. The minimum atomic E-state index is -2.67. The molecule has 0 aliphatic carbocycles. The summed E-state index contributed by atoms with van der Waals surface area (Å²) in [6.07, 6.45) is -2.67. The van der Waals surface area contributed by atoms with E-state index in [1.54, 1.807) is 12.1 Å². The summed E-state index contributed by atoms with van der Waals surface area (Å²) in [5.74, 6) is -0.989. The number of benzene rings is 1. The molecule has 0 saturated carbocycles. The molecule has 1 N–H and O–H groups in total. The maximum absolute atomic E-state index is 12.7. The number of nitrogens with one attached hydrogen (secondary N) is 1. The Hall–Kier alpha value is -1.98. The van der Waals surface area contributed by atoms with Crippen molar-refractivity contribution in [2.75, 3.05) is 11.4 Å². The maximum Gasteiger partial charge on any atom is 0.256 e. The van der Waals surface area contributed by atoms with E-state index in [2.05, 4.69) is 5.32 Å². The Morgan fingerprint density at radius 1 is 1.26 bits per heavy atom. The van der Waals surface area contributed by atoms with Gasteiger partial charge < -0.3 is 10.2 Å². The first-order valence-corrected chi connectivity index (χ1v) is 5.84. The lowest BCUT2D eigenvalue weighted by atomic mass is 10.0. The van der Waals surface area contributed by atoms with Crippen LogP contribution >= 0.6 is 0 Å². The Bertz CT molecular complexity index is 529. The van der Waals surface area contributed by atoms with E-state index in [0.717, 1.165) is 4.90 Å². The van der Waals surface area contributed by atoms with Crippen LogP contribution in [0, 0.1) is 0 Å². The smallest absolute Gasteiger partial charge is 0.256 e. The first kappa shape index (κ1) is 13.5. The molecule has 6 heteroatoms. The van der Waals surface area contributed by atoms with E-state index >= 15 is 0 Å². The zero-order valence-corrected chi connectivity index (χ0v) is 10.6. The molecule has 102 valence electrons. The van der Waals surface area contributed by atoms with Gasteiger partial charge in [0, 0.05) is 0 Å². The third-order valence-corrected chi connectivity index (χ3v) is 2.97. The fourth-order valence-electron chi connectivity index (χ4n) is 2.07. The van der Waals surface area contributed by atoms with Gasteiger partial charge in [0.1, 0.15) is 5.54 Å². The molecule has 0 spiro atoms. The number of fused-ring (bicyclic) bond motifs is 1. The monoisotopic (exact) mass is 268 g/mol. The molecule has 0 bridgehead atoms. The Morgan fingerprint density at radius 2 is 1.89 bits per heavy atom. The van der Waals surface area contributed by atoms with Gasteiger partial charge in [-0.1, -0.05) is 12.1 Å². The maximum atomic E-state index is 12.7. The van der Waals surface area contributed by atoms with Crippen molar-refractivity contribution in [3.05, 3.63) is 29.8 Å². The Kier molecular flexibility index (Phi) is 3.26. The van der Waals surface area contributed by atoms with Crippen LogP contribution in [0.15, 0.2) is 24.3 Å². The number of halogens is 2. The summed E-state index contributed by atoms with van der Waals surface area (Å²) in [5.41, 5.74) is -0.775. The lowest BCUT2D eigenvalue weighted by Gasteiger charge is -2.29. The minimum absolute atomic E-state index is 0.218. The van der Waals surface area contributed by atoms with Gasteiger partial charge in [0.05, 0.1) is 17.8 Å². The molecule has 1 aliphatic rings. The molecule has 0 unspecified atom stereocenters. The number of hydrogen-bond acceptors (Lipinski definition) is 2. The number of alkyl halides is 2. The van der Waals surface area contributed by atoms with Gasteiger partial charge in [-0.3, -0.25) is 9.59 Å². The van der Waals surface area contributed by atoms with Crippen molar-refractivity contribution < 1.29 is 18.4 Å². The second kappa shape index (κ2) is 4.60. The molecule has 0 fully saturated rings. The summed E-state index contributed by atoms with van der Waals surface area (Å²) in [6, 6.07) is 6.24. The van der Waals surface area contributed by atoms with Crippen LogP contribution in [0.3, 0.4) is 0 Å². The highest BCUT2D eigenvalue weighted by molar-refractivity contribution is 6.12. The highest BCUT2D eigenvalue weighted by Crippen LogP contribution is 2.27. The fraction of sp³-hybridized carbons (Fsp3) is 0.385. The number of rotatable bonds is 2. The van der Waals surface area contributed by atoms with Gasteiger partial charge >= 0.3 is 0 Å². The largest absolute Gasteiger partial charge is 0.338 e. The molecule has 0 aromatic heterocycles. The number of anilines is 1. The molecule has 0 radical (unpaired) electrons. The molecule has 19 heavy (non-hydrogen) atoms. The zero-order chi connectivity index (χ0) is 14.2. The third kappa shape index (κ3) is 2.43. The molecule has 0 saturated heterocycles. The molecule has 1 aliphatic heterocycles. The number of nitrogens with zero attached hydrogens (tertiary/aromatic N) is 1. The number of carbonyl (C=O) groups is 2. The van der Waals surface area contributed by atoms with Gasteiger partial charge in [-0.25, -0.2) is 8.78 Å². The second-order valence-electron chi connectivity index (χ2n) is 4.90. The van der Waals surface area contributed by atoms with Gasteiger partial charge in [0.15, 0.2) is 0 Å². The van der Waals surface area contributed by atoms with Crippen LogP contribution in [-0.2, 0) is 4.79 Å². The standard InChI is InChI=1S/C13H14F2N2O2/c1-13(2)12(19)17(7-10(14)15)9-6-4-3-5-8(9)11(18)16-13/h3-6,10H,7H2,1-2H3,(H,16,18). The average Bonchev–Trinajstić information content (AvgIpc) is 2.39. The summed E-state index contributed by atoms with van der Waals surface area (Å²) in [7, 11) is 0. The van der Waals surface area contributed by atoms with Crippen molar-refractivity contribution in [2.45, 2.75) is 25.8 Å². The topological polar surface area (TPSA) is 49.4 Å². The van der Waals surface area contributed by atoms with E-state index in [-0.39, 0.29) is 11.3 Å². The summed E-state index contributed by atoms with van der Waals surface area (Å²) < 4.78 is 25.3. The molecular weight excluding hydrogens is 254 g/mol. The van der Waals surface area contributed by atoms with Crippen molar-refractivity contribution in [1.29, 1.82) is 0 Å². The summed E-state index contributed by atoms with van der Waals surface area (Å²) in [6.45, 7) is 2.27. The predicted octanol–water partition coefficient (Wildman–Crippen LogP) is 1.81. The summed E-state index contributed by atoms with van der Waals surface area (Å²) in [4.78, 5) is 25.3. The van der Waals surface area contributed by atoms with E-state index in [1.807, 2.05) is 0 Å². The van der Waals surface area contributed by atoms with Crippen LogP contribution in [0.25, 0.3) is 0 Å². The SMILES string of the molecule is CC1(C)NC(=O)c2ccccc2N(CC(F)F)C1=O. The molecule has 4 nitrogen and oxygen atoms in total. The minimum Gasteiger partial charge on any atom is -0.338 e. The van der Waals surface area contributed by atoms with Crippen LogP contribution in [0.1, 0.15) is 24.2 Å². The highest BCUT2D eigenvalue weighted by Gasteiger charge is 2.40. The molecule has 0 atom stereocenters. The molecular formula is C13H14F2N2O2. The average molecular weight is 268 g/mol. The van der Waals surface area contributed by atoms with Crippen LogP contribution in [-0.4, -0.2) is 30.3 Å². The van der Waals surface area contributed by atoms with Crippen LogP contribution in [0.4, 0.5) is 14.5 Å². The van der Waals surface area contributed by atoms with Crippen LogP contribution in [0.2, 0.25) is 0 Å². The first-order chi connectivity index (χ1) is 8.83. The van der Waals surface area contributed by atoms with Gasteiger partial charge in [-0.05, 0) is 26.0 Å². The Balaban J connectivity index is 2.56. The molecule has 2 rings (SSSR count).